The van der Waals surface area contributed by atoms with Crippen LogP contribution < -0.4 is 10.9 Å². The average Bonchev–Trinajstić information content (AvgIpc) is 3.36. The maximum atomic E-state index is 12.3. The zero-order chi connectivity index (χ0) is 17.4. The summed E-state index contributed by atoms with van der Waals surface area (Å²) < 4.78 is 0. The minimum absolute atomic E-state index is 0.217. The second-order valence-electron chi connectivity index (χ2n) is 6.45. The van der Waals surface area contributed by atoms with Gasteiger partial charge in [-0.25, -0.2) is 0 Å². The Morgan fingerprint density at radius 1 is 1.28 bits per heavy atom. The third-order valence-electron chi connectivity index (χ3n) is 4.57. The van der Waals surface area contributed by atoms with Crippen molar-refractivity contribution in [2.24, 2.45) is 0 Å². The molecule has 1 aliphatic carbocycles. The molecule has 25 heavy (non-hydrogen) atoms. The number of hydrogen-bond acceptors (Lipinski definition) is 2. The number of benzene rings is 1. The number of fused-ring (bicyclic) bond motifs is 1. The van der Waals surface area contributed by atoms with Crippen LogP contribution >= 0.6 is 11.6 Å². The summed E-state index contributed by atoms with van der Waals surface area (Å²) in [6.45, 7) is 0.490. The van der Waals surface area contributed by atoms with E-state index >= 15 is 0 Å². The van der Waals surface area contributed by atoms with Gasteiger partial charge >= 0.3 is 0 Å². The van der Waals surface area contributed by atoms with Crippen molar-refractivity contribution >= 4 is 28.4 Å². The Bertz CT molecular complexity index is 1000. The van der Waals surface area contributed by atoms with Crippen LogP contribution in [-0.4, -0.2) is 22.4 Å². The normalized spacial score (nSPS) is 14.0. The molecular weight excluding hydrogens is 338 g/mol. The lowest BCUT2D eigenvalue weighted by molar-refractivity contribution is 0.0954. The number of amides is 1. The zero-order valence-corrected chi connectivity index (χ0v) is 14.3. The fraction of sp³-hybridized carbons (Fsp3) is 0.263. The van der Waals surface area contributed by atoms with E-state index in [0.717, 1.165) is 35.0 Å². The van der Waals surface area contributed by atoms with E-state index < -0.39 is 0 Å². The molecule has 0 atom stereocenters. The second-order valence-corrected chi connectivity index (χ2v) is 6.85. The lowest BCUT2D eigenvalue weighted by Gasteiger charge is -2.06. The van der Waals surface area contributed by atoms with E-state index in [4.69, 9.17) is 11.6 Å². The van der Waals surface area contributed by atoms with E-state index in [1.54, 1.807) is 6.07 Å². The molecule has 6 heteroatoms. The Morgan fingerprint density at radius 2 is 2.12 bits per heavy atom. The van der Waals surface area contributed by atoms with Gasteiger partial charge in [0.05, 0.1) is 10.5 Å². The predicted octanol–water partition coefficient (Wildman–Crippen LogP) is 3.36. The molecule has 3 aromatic rings. The number of para-hydroxylation sites is 1. The van der Waals surface area contributed by atoms with Gasteiger partial charge in [-0.15, -0.1) is 0 Å². The molecule has 0 radical (unpaired) electrons. The van der Waals surface area contributed by atoms with Gasteiger partial charge in [-0.1, -0.05) is 23.7 Å². The molecule has 0 bridgehead atoms. The largest absolute Gasteiger partial charge is 0.360 e. The van der Waals surface area contributed by atoms with Crippen molar-refractivity contribution in [2.45, 2.75) is 25.2 Å². The molecule has 0 aliphatic heterocycles. The van der Waals surface area contributed by atoms with Crippen LogP contribution in [0.3, 0.4) is 0 Å². The average molecular weight is 356 g/mol. The maximum Gasteiger partial charge on any atom is 0.251 e. The molecule has 1 aliphatic rings. The summed E-state index contributed by atoms with van der Waals surface area (Å²) in [6, 6.07) is 8.91. The van der Waals surface area contributed by atoms with Crippen molar-refractivity contribution < 1.29 is 4.79 Å². The maximum absolute atomic E-state index is 12.3. The number of hydrogen-bond donors (Lipinski definition) is 3. The Labute approximate surface area is 149 Å². The highest BCUT2D eigenvalue weighted by Crippen LogP contribution is 2.38. The van der Waals surface area contributed by atoms with E-state index in [2.05, 4.69) is 15.3 Å². The zero-order valence-electron chi connectivity index (χ0n) is 13.6. The fourth-order valence-electron chi connectivity index (χ4n) is 3.11. The lowest BCUT2D eigenvalue weighted by atomic mass is 10.1. The molecule has 0 unspecified atom stereocenters. The molecule has 0 spiro atoms. The Kier molecular flexibility index (Phi) is 4.09. The van der Waals surface area contributed by atoms with Crippen LogP contribution in [-0.2, 0) is 6.42 Å². The van der Waals surface area contributed by atoms with Gasteiger partial charge in [0.2, 0.25) is 5.56 Å². The van der Waals surface area contributed by atoms with E-state index in [1.807, 2.05) is 24.4 Å². The van der Waals surface area contributed by atoms with Crippen LogP contribution in [0, 0.1) is 0 Å². The molecule has 0 saturated heterocycles. The van der Waals surface area contributed by atoms with Gasteiger partial charge in [-0.05, 0) is 42.9 Å². The second kappa shape index (κ2) is 6.41. The van der Waals surface area contributed by atoms with Gasteiger partial charge in [0.15, 0.2) is 0 Å². The molecule has 128 valence electrons. The standard InChI is InChI=1S/C19H18ClN3O2/c20-15-3-1-2-14-12(10-22-18(14)15)6-7-21-19(25)13-8-16(11-4-5-11)23-17(24)9-13/h1-3,8-11,22H,4-7H2,(H,21,25)(H,23,24). The van der Waals surface area contributed by atoms with Crippen molar-refractivity contribution in [2.75, 3.05) is 6.54 Å². The van der Waals surface area contributed by atoms with Gasteiger partial charge in [0.25, 0.3) is 5.91 Å². The fourth-order valence-corrected chi connectivity index (χ4v) is 3.33. The molecule has 2 aromatic heterocycles. The van der Waals surface area contributed by atoms with Crippen molar-refractivity contribution in [3.8, 4) is 0 Å². The molecule has 2 heterocycles. The molecule has 5 nitrogen and oxygen atoms in total. The summed E-state index contributed by atoms with van der Waals surface area (Å²) in [5, 5.41) is 4.64. The SMILES string of the molecule is O=C(NCCc1c[nH]c2c(Cl)cccc12)c1cc(C2CC2)[nH]c(=O)c1. The summed E-state index contributed by atoms with van der Waals surface area (Å²) in [5.41, 5.74) is 3.08. The van der Waals surface area contributed by atoms with Gasteiger partial charge in [-0.3, -0.25) is 9.59 Å². The van der Waals surface area contributed by atoms with Crippen molar-refractivity contribution in [3.63, 3.8) is 0 Å². The number of aromatic nitrogens is 2. The number of pyridine rings is 1. The summed E-state index contributed by atoms with van der Waals surface area (Å²) >= 11 is 6.16. The van der Waals surface area contributed by atoms with Crippen molar-refractivity contribution in [1.29, 1.82) is 0 Å². The summed E-state index contributed by atoms with van der Waals surface area (Å²) in [4.78, 5) is 30.1. The van der Waals surface area contributed by atoms with Crippen LogP contribution in [0.15, 0.2) is 41.3 Å². The number of carbonyl (C=O) groups is 1. The molecule has 1 fully saturated rings. The van der Waals surface area contributed by atoms with Crippen molar-refractivity contribution in [3.05, 3.63) is 68.7 Å². The summed E-state index contributed by atoms with van der Waals surface area (Å²) in [6.07, 6.45) is 4.75. The number of nitrogens with one attached hydrogen (secondary N) is 3. The first-order chi connectivity index (χ1) is 12.1. The molecule has 1 amide bonds. The Hall–Kier alpha value is -2.53. The first-order valence-corrected chi connectivity index (χ1v) is 8.76. The molecule has 1 aromatic carbocycles. The minimum atomic E-state index is -0.221. The first-order valence-electron chi connectivity index (χ1n) is 8.39. The monoisotopic (exact) mass is 355 g/mol. The highest BCUT2D eigenvalue weighted by molar-refractivity contribution is 6.35. The van der Waals surface area contributed by atoms with Gasteiger partial charge < -0.3 is 15.3 Å². The Morgan fingerprint density at radius 3 is 2.92 bits per heavy atom. The number of aromatic amines is 2. The van der Waals surface area contributed by atoms with E-state index in [-0.39, 0.29) is 11.5 Å². The topological polar surface area (TPSA) is 77.8 Å². The number of halogens is 1. The van der Waals surface area contributed by atoms with Crippen molar-refractivity contribution in [1.82, 2.24) is 15.3 Å². The smallest absolute Gasteiger partial charge is 0.251 e. The lowest BCUT2D eigenvalue weighted by Crippen LogP contribution is -2.27. The number of carbonyl (C=O) groups excluding carboxylic acids is 1. The van der Waals surface area contributed by atoms with Crippen LogP contribution in [0.5, 0.6) is 0 Å². The number of rotatable bonds is 5. The molecule has 1 saturated carbocycles. The first kappa shape index (κ1) is 16.0. The van der Waals surface area contributed by atoms with E-state index in [1.165, 1.54) is 6.07 Å². The highest BCUT2D eigenvalue weighted by atomic mass is 35.5. The molecule has 4 rings (SSSR count). The Balaban J connectivity index is 1.43. The summed E-state index contributed by atoms with van der Waals surface area (Å²) in [7, 11) is 0. The van der Waals surface area contributed by atoms with Gasteiger partial charge in [0.1, 0.15) is 0 Å². The molecular formula is C19H18ClN3O2. The number of H-pyrrole nitrogens is 2. The van der Waals surface area contributed by atoms with Crippen LogP contribution in [0.1, 0.15) is 40.4 Å². The molecule has 3 N–H and O–H groups in total. The minimum Gasteiger partial charge on any atom is -0.360 e. The summed E-state index contributed by atoms with van der Waals surface area (Å²) in [5.74, 6) is 0.183. The van der Waals surface area contributed by atoms with Crippen LogP contribution in [0.4, 0.5) is 0 Å². The van der Waals surface area contributed by atoms with E-state index in [0.29, 0.717) is 29.5 Å². The van der Waals surface area contributed by atoms with Crippen LogP contribution in [0.2, 0.25) is 5.02 Å². The highest BCUT2D eigenvalue weighted by Gasteiger charge is 2.25. The van der Waals surface area contributed by atoms with Gasteiger partial charge in [0, 0.05) is 35.5 Å². The predicted molar refractivity (Wildman–Crippen MR) is 98.4 cm³/mol. The van der Waals surface area contributed by atoms with E-state index in [9.17, 15) is 9.59 Å². The third-order valence-corrected chi connectivity index (χ3v) is 4.89. The quantitative estimate of drug-likeness (QED) is 0.656. The van der Waals surface area contributed by atoms with Crippen LogP contribution in [0.25, 0.3) is 10.9 Å². The third kappa shape index (κ3) is 3.33. The van der Waals surface area contributed by atoms with Gasteiger partial charge in [-0.2, -0.15) is 0 Å².